The quantitative estimate of drug-likeness (QED) is 0.722. The Bertz CT molecular complexity index is 328. The molecule has 1 N–H and O–H groups in total. The Balaban J connectivity index is 2.18. The molecule has 2 aliphatic rings. The van der Waals surface area contributed by atoms with Gasteiger partial charge in [0.15, 0.2) is 0 Å². The number of nitrogens with one attached hydrogen (secondary N) is 1. The number of piperidine rings is 1. The standard InChI is InChI=1S/C12H19NO3/c1-11-4-3-5-12(8-11,7-10(15)16-2)13-9(14)6-11/h3-8H2,1-2H3,(H,13,14). The number of carbonyl (C=O) groups excluding carboxylic acids is 2. The Morgan fingerprint density at radius 1 is 1.50 bits per heavy atom. The van der Waals surface area contributed by atoms with Crippen molar-refractivity contribution in [3.8, 4) is 0 Å². The molecule has 2 atom stereocenters. The van der Waals surface area contributed by atoms with Crippen LogP contribution in [-0.2, 0) is 14.3 Å². The molecule has 1 aliphatic heterocycles. The largest absolute Gasteiger partial charge is 0.469 e. The van der Waals surface area contributed by atoms with Crippen LogP contribution in [0.4, 0.5) is 0 Å². The van der Waals surface area contributed by atoms with E-state index in [9.17, 15) is 9.59 Å². The average molecular weight is 225 g/mol. The van der Waals surface area contributed by atoms with Crippen molar-refractivity contribution in [1.29, 1.82) is 0 Å². The zero-order valence-corrected chi connectivity index (χ0v) is 9.97. The Morgan fingerprint density at radius 3 is 2.94 bits per heavy atom. The van der Waals surface area contributed by atoms with Crippen molar-refractivity contribution in [3.05, 3.63) is 0 Å². The first-order valence-corrected chi connectivity index (χ1v) is 5.85. The zero-order chi connectivity index (χ0) is 11.8. The second-order valence-corrected chi connectivity index (χ2v) is 5.60. The summed E-state index contributed by atoms with van der Waals surface area (Å²) in [5.41, 5.74) is -0.260. The summed E-state index contributed by atoms with van der Waals surface area (Å²) >= 11 is 0. The van der Waals surface area contributed by atoms with Gasteiger partial charge in [-0.15, -0.1) is 0 Å². The van der Waals surface area contributed by atoms with Crippen molar-refractivity contribution >= 4 is 11.9 Å². The van der Waals surface area contributed by atoms with Gasteiger partial charge in [-0.25, -0.2) is 0 Å². The second kappa shape index (κ2) is 3.75. The summed E-state index contributed by atoms with van der Waals surface area (Å²) in [5.74, 6) is -0.149. The van der Waals surface area contributed by atoms with E-state index in [0.717, 1.165) is 25.7 Å². The van der Waals surface area contributed by atoms with Gasteiger partial charge in [0.1, 0.15) is 0 Å². The number of ether oxygens (including phenoxy) is 1. The van der Waals surface area contributed by atoms with E-state index in [1.54, 1.807) is 0 Å². The van der Waals surface area contributed by atoms with Gasteiger partial charge in [-0.2, -0.15) is 0 Å². The molecule has 1 saturated carbocycles. The minimum Gasteiger partial charge on any atom is -0.469 e. The van der Waals surface area contributed by atoms with Gasteiger partial charge < -0.3 is 10.1 Å². The van der Waals surface area contributed by atoms with Crippen molar-refractivity contribution in [3.63, 3.8) is 0 Å². The smallest absolute Gasteiger partial charge is 0.307 e. The molecule has 90 valence electrons. The van der Waals surface area contributed by atoms with Gasteiger partial charge >= 0.3 is 5.97 Å². The fourth-order valence-corrected chi connectivity index (χ4v) is 3.38. The van der Waals surface area contributed by atoms with Gasteiger partial charge in [-0.1, -0.05) is 13.3 Å². The predicted molar refractivity (Wildman–Crippen MR) is 58.7 cm³/mol. The lowest BCUT2D eigenvalue weighted by molar-refractivity contribution is -0.146. The SMILES string of the molecule is COC(=O)CC12CCCC(C)(CC(=O)N1)C2. The highest BCUT2D eigenvalue weighted by Gasteiger charge is 2.49. The summed E-state index contributed by atoms with van der Waals surface area (Å²) in [7, 11) is 1.39. The number of amides is 1. The fourth-order valence-electron chi connectivity index (χ4n) is 3.38. The van der Waals surface area contributed by atoms with Crippen molar-refractivity contribution in [2.24, 2.45) is 5.41 Å². The third kappa shape index (κ3) is 2.06. The number of methoxy groups -OCH3 is 1. The van der Waals surface area contributed by atoms with E-state index in [1.807, 2.05) is 0 Å². The first kappa shape index (κ1) is 11.4. The number of hydrogen-bond donors (Lipinski definition) is 1. The molecule has 1 aliphatic carbocycles. The topological polar surface area (TPSA) is 55.4 Å². The van der Waals surface area contributed by atoms with Crippen LogP contribution in [0.25, 0.3) is 0 Å². The van der Waals surface area contributed by atoms with Crippen LogP contribution in [0.1, 0.15) is 45.4 Å². The lowest BCUT2D eigenvalue weighted by Crippen LogP contribution is -2.59. The summed E-state index contributed by atoms with van der Waals surface area (Å²) in [6.07, 6.45) is 4.86. The van der Waals surface area contributed by atoms with E-state index < -0.39 is 0 Å². The van der Waals surface area contributed by atoms with Crippen LogP contribution >= 0.6 is 0 Å². The molecule has 16 heavy (non-hydrogen) atoms. The Labute approximate surface area is 95.7 Å². The summed E-state index contributed by atoms with van der Waals surface area (Å²) in [4.78, 5) is 23.1. The molecule has 2 fully saturated rings. The minimum atomic E-state index is -0.338. The molecule has 4 heteroatoms. The lowest BCUT2D eigenvalue weighted by Gasteiger charge is -2.50. The van der Waals surface area contributed by atoms with Crippen LogP contribution in [0.15, 0.2) is 0 Å². The van der Waals surface area contributed by atoms with Crippen molar-refractivity contribution < 1.29 is 14.3 Å². The Hall–Kier alpha value is -1.06. The highest BCUT2D eigenvalue weighted by molar-refractivity contribution is 5.80. The van der Waals surface area contributed by atoms with E-state index >= 15 is 0 Å². The maximum Gasteiger partial charge on any atom is 0.307 e. The average Bonchev–Trinajstić information content (AvgIpc) is 2.14. The maximum absolute atomic E-state index is 11.7. The lowest BCUT2D eigenvalue weighted by atomic mass is 9.62. The number of rotatable bonds is 2. The molecule has 0 aromatic carbocycles. The first-order chi connectivity index (χ1) is 7.47. The van der Waals surface area contributed by atoms with Crippen LogP contribution in [-0.4, -0.2) is 24.5 Å². The van der Waals surface area contributed by atoms with Crippen LogP contribution in [0.2, 0.25) is 0 Å². The van der Waals surface area contributed by atoms with E-state index in [1.165, 1.54) is 7.11 Å². The van der Waals surface area contributed by atoms with Gasteiger partial charge in [0.2, 0.25) is 5.91 Å². The molecular formula is C12H19NO3. The zero-order valence-electron chi connectivity index (χ0n) is 9.97. The van der Waals surface area contributed by atoms with Gasteiger partial charge in [-0.05, 0) is 24.7 Å². The number of carbonyl (C=O) groups is 2. The molecule has 2 unspecified atom stereocenters. The highest BCUT2D eigenvalue weighted by Crippen LogP contribution is 2.48. The summed E-state index contributed by atoms with van der Waals surface area (Å²) in [6, 6.07) is 0. The number of fused-ring (bicyclic) bond motifs is 2. The monoisotopic (exact) mass is 225 g/mol. The fraction of sp³-hybridized carbons (Fsp3) is 0.833. The van der Waals surface area contributed by atoms with Gasteiger partial charge in [0.05, 0.1) is 19.1 Å². The maximum atomic E-state index is 11.7. The molecule has 1 saturated heterocycles. The first-order valence-electron chi connectivity index (χ1n) is 5.85. The van der Waals surface area contributed by atoms with Crippen molar-refractivity contribution in [2.75, 3.05) is 7.11 Å². The molecule has 2 bridgehead atoms. The highest BCUT2D eigenvalue weighted by atomic mass is 16.5. The van der Waals surface area contributed by atoms with Crippen LogP contribution in [0, 0.1) is 5.41 Å². The van der Waals surface area contributed by atoms with Crippen molar-refractivity contribution in [2.45, 2.75) is 51.0 Å². The van der Waals surface area contributed by atoms with Gasteiger partial charge in [0, 0.05) is 6.42 Å². The van der Waals surface area contributed by atoms with Crippen LogP contribution in [0.3, 0.4) is 0 Å². The normalized spacial score (nSPS) is 37.8. The third-order valence-electron chi connectivity index (χ3n) is 3.90. The summed E-state index contributed by atoms with van der Waals surface area (Å²) in [6.45, 7) is 2.15. The predicted octanol–water partition coefficient (Wildman–Crippen LogP) is 1.39. The summed E-state index contributed by atoms with van der Waals surface area (Å²) < 4.78 is 4.72. The minimum absolute atomic E-state index is 0.0780. The molecule has 0 spiro atoms. The second-order valence-electron chi connectivity index (χ2n) is 5.60. The van der Waals surface area contributed by atoms with Gasteiger partial charge in [-0.3, -0.25) is 9.59 Å². The van der Waals surface area contributed by atoms with E-state index in [0.29, 0.717) is 12.8 Å². The molecule has 1 amide bonds. The molecule has 0 radical (unpaired) electrons. The summed E-state index contributed by atoms with van der Waals surface area (Å²) in [5, 5.41) is 3.01. The van der Waals surface area contributed by atoms with Crippen molar-refractivity contribution in [1.82, 2.24) is 5.32 Å². The molecule has 1 heterocycles. The number of esters is 1. The van der Waals surface area contributed by atoms with Crippen LogP contribution < -0.4 is 5.32 Å². The third-order valence-corrected chi connectivity index (χ3v) is 3.90. The molecule has 4 nitrogen and oxygen atoms in total. The Kier molecular flexibility index (Phi) is 2.68. The molecule has 2 rings (SSSR count). The Morgan fingerprint density at radius 2 is 2.25 bits per heavy atom. The van der Waals surface area contributed by atoms with E-state index in [4.69, 9.17) is 4.74 Å². The van der Waals surface area contributed by atoms with E-state index in [2.05, 4.69) is 12.2 Å². The van der Waals surface area contributed by atoms with Crippen LogP contribution in [0.5, 0.6) is 0 Å². The van der Waals surface area contributed by atoms with Gasteiger partial charge in [0.25, 0.3) is 0 Å². The molecule has 0 aromatic heterocycles. The molecule has 0 aromatic rings. The molecular weight excluding hydrogens is 206 g/mol. The number of hydrogen-bond acceptors (Lipinski definition) is 3. The van der Waals surface area contributed by atoms with E-state index in [-0.39, 0.29) is 22.8 Å².